The Bertz CT molecular complexity index is 667. The van der Waals surface area contributed by atoms with E-state index in [1.165, 1.54) is 12.5 Å². The van der Waals surface area contributed by atoms with Crippen LogP contribution < -0.4 is 5.32 Å². The molecule has 2 aromatic rings. The number of nitrogens with zero attached hydrogens (tertiary/aromatic N) is 1. The molecule has 1 atom stereocenters. The normalized spacial score (nSPS) is 16.5. The number of benzene rings is 1. The van der Waals surface area contributed by atoms with Gasteiger partial charge in [-0.3, -0.25) is 9.59 Å². The van der Waals surface area contributed by atoms with Crippen LogP contribution in [0.1, 0.15) is 47.6 Å². The lowest BCUT2D eigenvalue weighted by atomic mass is 10.1. The van der Waals surface area contributed by atoms with Crippen LogP contribution in [0.3, 0.4) is 0 Å². The Balaban J connectivity index is 1.77. The summed E-state index contributed by atoms with van der Waals surface area (Å²) in [6, 6.07) is 11.2. The molecular weight excluding hydrogens is 304 g/mol. The van der Waals surface area contributed by atoms with Gasteiger partial charge < -0.3 is 14.6 Å². The maximum absolute atomic E-state index is 12.4. The van der Waals surface area contributed by atoms with Crippen molar-refractivity contribution >= 4 is 11.8 Å². The molecule has 1 aliphatic rings. The molecule has 2 heterocycles. The number of hydrogen-bond acceptors (Lipinski definition) is 3. The van der Waals surface area contributed by atoms with Crippen molar-refractivity contribution in [1.82, 2.24) is 10.2 Å². The quantitative estimate of drug-likeness (QED) is 0.918. The highest BCUT2D eigenvalue weighted by Gasteiger charge is 2.23. The summed E-state index contributed by atoms with van der Waals surface area (Å²) >= 11 is 0. The van der Waals surface area contributed by atoms with Crippen molar-refractivity contribution in [3.05, 3.63) is 60.1 Å². The minimum absolute atomic E-state index is 0.172. The molecule has 2 amide bonds. The van der Waals surface area contributed by atoms with Crippen LogP contribution in [-0.2, 0) is 4.79 Å². The second-order valence-electron chi connectivity index (χ2n) is 6.10. The van der Waals surface area contributed by atoms with Gasteiger partial charge in [-0.15, -0.1) is 0 Å². The van der Waals surface area contributed by atoms with Crippen LogP contribution in [0, 0.1) is 0 Å². The van der Waals surface area contributed by atoms with Gasteiger partial charge in [0.25, 0.3) is 5.91 Å². The van der Waals surface area contributed by atoms with Gasteiger partial charge in [0.2, 0.25) is 5.91 Å². The third-order valence-corrected chi connectivity index (χ3v) is 4.36. The van der Waals surface area contributed by atoms with Gasteiger partial charge in [-0.1, -0.05) is 36.8 Å². The van der Waals surface area contributed by atoms with Gasteiger partial charge in [0.1, 0.15) is 6.26 Å². The van der Waals surface area contributed by atoms with Gasteiger partial charge >= 0.3 is 0 Å². The number of furan rings is 1. The molecule has 1 aromatic heterocycles. The van der Waals surface area contributed by atoms with Gasteiger partial charge in [-0.2, -0.15) is 0 Å². The number of rotatable bonds is 5. The highest BCUT2D eigenvalue weighted by molar-refractivity contribution is 5.94. The molecule has 1 unspecified atom stereocenters. The predicted molar refractivity (Wildman–Crippen MR) is 90.4 cm³/mol. The minimum atomic E-state index is -0.240. The lowest BCUT2D eigenvalue weighted by molar-refractivity contribution is -0.131. The Morgan fingerprint density at radius 2 is 2.00 bits per heavy atom. The molecule has 0 spiro atoms. The number of hydrogen-bond donors (Lipinski definition) is 1. The van der Waals surface area contributed by atoms with Gasteiger partial charge in [-0.05, 0) is 24.5 Å². The largest absolute Gasteiger partial charge is 0.472 e. The van der Waals surface area contributed by atoms with Gasteiger partial charge in [-0.25, -0.2) is 0 Å². The number of nitrogens with one attached hydrogen (secondary N) is 1. The second-order valence-corrected chi connectivity index (χ2v) is 6.10. The van der Waals surface area contributed by atoms with Crippen molar-refractivity contribution in [2.45, 2.75) is 31.7 Å². The van der Waals surface area contributed by atoms with E-state index in [1.54, 1.807) is 6.07 Å². The fourth-order valence-electron chi connectivity index (χ4n) is 3.01. The van der Waals surface area contributed by atoms with E-state index in [-0.39, 0.29) is 17.9 Å². The van der Waals surface area contributed by atoms with Crippen LogP contribution in [-0.4, -0.2) is 29.8 Å². The third kappa shape index (κ3) is 4.04. The van der Waals surface area contributed by atoms with E-state index < -0.39 is 0 Å². The first-order valence-electron chi connectivity index (χ1n) is 8.40. The third-order valence-electron chi connectivity index (χ3n) is 4.36. The molecule has 0 aliphatic carbocycles. The molecule has 1 fully saturated rings. The Morgan fingerprint density at radius 3 is 2.75 bits per heavy atom. The summed E-state index contributed by atoms with van der Waals surface area (Å²) in [6.45, 7) is 1.25. The molecule has 0 saturated carbocycles. The van der Waals surface area contributed by atoms with Gasteiger partial charge in [0.05, 0.1) is 17.9 Å². The Kier molecular flexibility index (Phi) is 5.31. The van der Waals surface area contributed by atoms with E-state index >= 15 is 0 Å². The molecule has 1 aromatic carbocycles. The van der Waals surface area contributed by atoms with Crippen molar-refractivity contribution in [1.29, 1.82) is 0 Å². The highest BCUT2D eigenvalue weighted by Crippen LogP contribution is 2.19. The van der Waals surface area contributed by atoms with E-state index in [9.17, 15) is 9.59 Å². The Hall–Kier alpha value is -2.56. The Morgan fingerprint density at radius 1 is 1.17 bits per heavy atom. The molecule has 24 heavy (non-hydrogen) atoms. The molecule has 1 aliphatic heterocycles. The molecule has 126 valence electrons. The van der Waals surface area contributed by atoms with Crippen molar-refractivity contribution in [2.75, 3.05) is 13.1 Å². The second kappa shape index (κ2) is 7.81. The van der Waals surface area contributed by atoms with E-state index in [0.717, 1.165) is 31.4 Å². The monoisotopic (exact) mass is 326 g/mol. The predicted octanol–water partition coefficient (Wildman–Crippen LogP) is 3.15. The van der Waals surface area contributed by atoms with Crippen LogP contribution in [0.5, 0.6) is 0 Å². The summed E-state index contributed by atoms with van der Waals surface area (Å²) in [7, 11) is 0. The molecular formula is C19H22N2O3. The molecule has 0 bridgehead atoms. The molecule has 0 radical (unpaired) electrons. The van der Waals surface area contributed by atoms with Crippen molar-refractivity contribution < 1.29 is 14.0 Å². The van der Waals surface area contributed by atoms with Crippen molar-refractivity contribution in [3.8, 4) is 0 Å². The van der Waals surface area contributed by atoms with E-state index in [4.69, 9.17) is 4.42 Å². The average Bonchev–Trinajstić information content (AvgIpc) is 3.07. The first-order valence-corrected chi connectivity index (χ1v) is 8.40. The topological polar surface area (TPSA) is 62.6 Å². The van der Waals surface area contributed by atoms with E-state index in [0.29, 0.717) is 18.5 Å². The standard InChI is InChI=1S/C19H22N2O3/c22-18-9-5-2-6-11-21(18)13-17(15-7-3-1-4-8-15)20-19(23)16-10-12-24-14-16/h1,3-4,7-8,10,12,14,17H,2,5-6,9,11,13H2,(H,20,23). The van der Waals surface area contributed by atoms with Gasteiger partial charge in [0.15, 0.2) is 0 Å². The number of likely N-dealkylation sites (tertiary alicyclic amines) is 1. The average molecular weight is 326 g/mol. The zero-order valence-corrected chi connectivity index (χ0v) is 13.6. The van der Waals surface area contributed by atoms with Crippen LogP contribution >= 0.6 is 0 Å². The zero-order valence-electron chi connectivity index (χ0n) is 13.6. The lowest BCUT2D eigenvalue weighted by Crippen LogP contribution is -2.40. The highest BCUT2D eigenvalue weighted by atomic mass is 16.3. The lowest BCUT2D eigenvalue weighted by Gasteiger charge is -2.27. The maximum atomic E-state index is 12.4. The summed E-state index contributed by atoms with van der Waals surface area (Å²) in [6.07, 6.45) is 6.55. The smallest absolute Gasteiger partial charge is 0.255 e. The van der Waals surface area contributed by atoms with Crippen molar-refractivity contribution in [3.63, 3.8) is 0 Å². The molecule has 5 nitrogen and oxygen atoms in total. The SMILES string of the molecule is O=C(NC(CN1CCCCCC1=O)c1ccccc1)c1ccoc1. The first kappa shape index (κ1) is 16.3. The van der Waals surface area contributed by atoms with Crippen molar-refractivity contribution in [2.24, 2.45) is 0 Å². The van der Waals surface area contributed by atoms with Crippen LogP contribution in [0.4, 0.5) is 0 Å². The number of carbonyl (C=O) groups excluding carboxylic acids is 2. The fourth-order valence-corrected chi connectivity index (χ4v) is 3.01. The van der Waals surface area contributed by atoms with Crippen LogP contribution in [0.2, 0.25) is 0 Å². The number of carbonyl (C=O) groups is 2. The Labute approximate surface area is 141 Å². The summed E-state index contributed by atoms with van der Waals surface area (Å²) in [5.74, 6) is -0.0223. The summed E-state index contributed by atoms with van der Waals surface area (Å²) in [5, 5.41) is 3.03. The fraction of sp³-hybridized carbons (Fsp3) is 0.368. The molecule has 5 heteroatoms. The van der Waals surface area contributed by atoms with Gasteiger partial charge in [0, 0.05) is 19.5 Å². The summed E-state index contributed by atoms with van der Waals surface area (Å²) in [4.78, 5) is 26.6. The maximum Gasteiger partial charge on any atom is 0.255 e. The summed E-state index contributed by atoms with van der Waals surface area (Å²) in [5.41, 5.74) is 1.48. The first-order chi connectivity index (χ1) is 11.7. The van der Waals surface area contributed by atoms with Crippen LogP contribution in [0.25, 0.3) is 0 Å². The summed E-state index contributed by atoms with van der Waals surface area (Å²) < 4.78 is 4.98. The number of amides is 2. The van der Waals surface area contributed by atoms with E-state index in [1.807, 2.05) is 35.2 Å². The molecule has 1 N–H and O–H groups in total. The molecule has 3 rings (SSSR count). The molecule has 1 saturated heterocycles. The van der Waals surface area contributed by atoms with Crippen LogP contribution in [0.15, 0.2) is 53.3 Å². The minimum Gasteiger partial charge on any atom is -0.472 e. The zero-order chi connectivity index (χ0) is 16.8. The van der Waals surface area contributed by atoms with E-state index in [2.05, 4.69) is 5.32 Å².